The fourth-order valence-corrected chi connectivity index (χ4v) is 2.35. The number of hydrogen-bond donors (Lipinski definition) is 1. The number of halogens is 1. The van der Waals surface area contributed by atoms with E-state index in [1.165, 1.54) is 6.07 Å². The highest BCUT2D eigenvalue weighted by atomic mass is 32.2. The lowest BCUT2D eigenvalue weighted by atomic mass is 10.1. The molecule has 4 heteroatoms. The van der Waals surface area contributed by atoms with Crippen LogP contribution in [0, 0.1) is 5.82 Å². The fourth-order valence-electron chi connectivity index (χ4n) is 1.60. The van der Waals surface area contributed by atoms with Gasteiger partial charge in [-0.2, -0.15) is 11.8 Å². The standard InChI is InChI=1S/C12H13FN2S/c13-11-6-9-2-1-4-15-12(9)10(7-11)8-16-5-3-14/h1-2,4,6-7H,3,5,8,14H2. The molecule has 0 radical (unpaired) electrons. The zero-order chi connectivity index (χ0) is 11.4. The summed E-state index contributed by atoms with van der Waals surface area (Å²) >= 11 is 1.70. The Kier molecular flexibility index (Phi) is 3.74. The normalized spacial score (nSPS) is 10.9. The molecular formula is C12H13FN2S. The maximum Gasteiger partial charge on any atom is 0.124 e. The van der Waals surface area contributed by atoms with Gasteiger partial charge in [0, 0.05) is 29.6 Å². The van der Waals surface area contributed by atoms with Gasteiger partial charge in [-0.3, -0.25) is 4.98 Å². The first-order chi connectivity index (χ1) is 7.81. The summed E-state index contributed by atoms with van der Waals surface area (Å²) < 4.78 is 13.3. The van der Waals surface area contributed by atoms with Crippen LogP contribution in [0.15, 0.2) is 30.5 Å². The second-order valence-corrected chi connectivity index (χ2v) is 4.59. The van der Waals surface area contributed by atoms with Crippen LogP contribution in [-0.4, -0.2) is 17.3 Å². The number of thioether (sulfide) groups is 1. The van der Waals surface area contributed by atoms with Crippen LogP contribution in [0.25, 0.3) is 10.9 Å². The van der Waals surface area contributed by atoms with Crippen LogP contribution in [0.2, 0.25) is 0 Å². The number of nitrogens with zero attached hydrogens (tertiary/aromatic N) is 1. The Morgan fingerprint density at radius 3 is 3.06 bits per heavy atom. The van der Waals surface area contributed by atoms with Gasteiger partial charge in [-0.1, -0.05) is 6.07 Å². The molecule has 2 aromatic rings. The quantitative estimate of drug-likeness (QED) is 0.829. The third kappa shape index (κ3) is 2.51. The number of rotatable bonds is 4. The Balaban J connectivity index is 2.34. The number of benzene rings is 1. The minimum absolute atomic E-state index is 0.205. The van der Waals surface area contributed by atoms with Crippen molar-refractivity contribution in [1.29, 1.82) is 0 Å². The lowest BCUT2D eigenvalue weighted by Crippen LogP contribution is -2.01. The smallest absolute Gasteiger partial charge is 0.124 e. The van der Waals surface area contributed by atoms with Crippen LogP contribution < -0.4 is 5.73 Å². The Morgan fingerprint density at radius 2 is 2.25 bits per heavy atom. The Morgan fingerprint density at radius 1 is 1.38 bits per heavy atom. The summed E-state index contributed by atoms with van der Waals surface area (Å²) in [5.41, 5.74) is 7.25. The number of nitrogens with two attached hydrogens (primary N) is 1. The molecule has 0 fully saturated rings. The van der Waals surface area contributed by atoms with Gasteiger partial charge >= 0.3 is 0 Å². The summed E-state index contributed by atoms with van der Waals surface area (Å²) in [6.45, 7) is 0.644. The molecule has 0 bridgehead atoms. The predicted molar refractivity (Wildman–Crippen MR) is 66.9 cm³/mol. The van der Waals surface area contributed by atoms with E-state index < -0.39 is 0 Å². The lowest BCUT2D eigenvalue weighted by molar-refractivity contribution is 0.628. The van der Waals surface area contributed by atoms with Crippen LogP contribution in [-0.2, 0) is 5.75 Å². The van der Waals surface area contributed by atoms with Crippen molar-refractivity contribution in [1.82, 2.24) is 4.98 Å². The summed E-state index contributed by atoms with van der Waals surface area (Å²) in [5, 5.41) is 0.853. The van der Waals surface area contributed by atoms with Gasteiger partial charge in [-0.05, 0) is 23.8 Å². The molecule has 2 rings (SSSR count). The van der Waals surface area contributed by atoms with Crippen LogP contribution >= 0.6 is 11.8 Å². The summed E-state index contributed by atoms with van der Waals surface area (Å²) in [6.07, 6.45) is 1.73. The Bertz CT molecular complexity index is 487. The molecule has 0 spiro atoms. The zero-order valence-corrected chi connectivity index (χ0v) is 9.64. The van der Waals surface area contributed by atoms with Crippen LogP contribution in [0.5, 0.6) is 0 Å². The Hall–Kier alpha value is -1.13. The van der Waals surface area contributed by atoms with Gasteiger partial charge in [-0.25, -0.2) is 4.39 Å². The van der Waals surface area contributed by atoms with Crippen molar-refractivity contribution in [2.24, 2.45) is 5.73 Å². The minimum Gasteiger partial charge on any atom is -0.330 e. The van der Waals surface area contributed by atoms with E-state index >= 15 is 0 Å². The van der Waals surface area contributed by atoms with Gasteiger partial charge in [0.05, 0.1) is 5.52 Å². The molecule has 0 aliphatic rings. The average Bonchev–Trinajstić information content (AvgIpc) is 2.29. The van der Waals surface area contributed by atoms with E-state index in [0.717, 1.165) is 28.0 Å². The van der Waals surface area contributed by atoms with Crippen molar-refractivity contribution in [2.75, 3.05) is 12.3 Å². The van der Waals surface area contributed by atoms with E-state index in [1.807, 2.05) is 12.1 Å². The Labute approximate surface area is 98.1 Å². The highest BCUT2D eigenvalue weighted by Crippen LogP contribution is 2.22. The van der Waals surface area contributed by atoms with Crippen molar-refractivity contribution in [3.63, 3.8) is 0 Å². The van der Waals surface area contributed by atoms with Gasteiger partial charge in [-0.15, -0.1) is 0 Å². The number of aromatic nitrogens is 1. The maximum absolute atomic E-state index is 13.3. The molecule has 16 heavy (non-hydrogen) atoms. The van der Waals surface area contributed by atoms with Crippen molar-refractivity contribution in [3.05, 3.63) is 41.8 Å². The molecule has 2 nitrogen and oxygen atoms in total. The zero-order valence-electron chi connectivity index (χ0n) is 8.82. The number of fused-ring (bicyclic) bond motifs is 1. The molecule has 1 aromatic heterocycles. The van der Waals surface area contributed by atoms with E-state index in [9.17, 15) is 4.39 Å². The SMILES string of the molecule is NCCSCc1cc(F)cc2cccnc12. The molecule has 0 atom stereocenters. The van der Waals surface area contributed by atoms with Gasteiger partial charge in [0.1, 0.15) is 5.82 Å². The fraction of sp³-hybridized carbons (Fsp3) is 0.250. The second kappa shape index (κ2) is 5.27. The van der Waals surface area contributed by atoms with E-state index in [4.69, 9.17) is 5.73 Å². The van der Waals surface area contributed by atoms with Crippen LogP contribution in [0.4, 0.5) is 4.39 Å². The molecule has 84 valence electrons. The number of hydrogen-bond acceptors (Lipinski definition) is 3. The molecule has 0 saturated heterocycles. The van der Waals surface area contributed by atoms with Gasteiger partial charge in [0.2, 0.25) is 0 Å². The van der Waals surface area contributed by atoms with Crippen molar-refractivity contribution in [2.45, 2.75) is 5.75 Å². The van der Waals surface area contributed by atoms with Crippen LogP contribution in [0.1, 0.15) is 5.56 Å². The third-order valence-electron chi connectivity index (χ3n) is 2.27. The molecule has 0 unspecified atom stereocenters. The molecule has 2 N–H and O–H groups in total. The third-order valence-corrected chi connectivity index (χ3v) is 3.31. The topological polar surface area (TPSA) is 38.9 Å². The van der Waals surface area contributed by atoms with E-state index in [0.29, 0.717) is 6.54 Å². The molecule has 0 amide bonds. The van der Waals surface area contributed by atoms with E-state index in [-0.39, 0.29) is 5.82 Å². The first-order valence-corrected chi connectivity index (χ1v) is 6.27. The first kappa shape index (κ1) is 11.4. The van der Waals surface area contributed by atoms with Gasteiger partial charge < -0.3 is 5.73 Å². The largest absolute Gasteiger partial charge is 0.330 e. The molecule has 1 heterocycles. The summed E-state index contributed by atoms with van der Waals surface area (Å²) in [4.78, 5) is 4.29. The monoisotopic (exact) mass is 236 g/mol. The highest BCUT2D eigenvalue weighted by molar-refractivity contribution is 7.98. The predicted octanol–water partition coefficient (Wildman–Crippen LogP) is 2.57. The molecular weight excluding hydrogens is 223 g/mol. The summed E-state index contributed by atoms with van der Waals surface area (Å²) in [5.74, 6) is 1.43. The highest BCUT2D eigenvalue weighted by Gasteiger charge is 2.04. The summed E-state index contributed by atoms with van der Waals surface area (Å²) in [7, 11) is 0. The second-order valence-electron chi connectivity index (χ2n) is 3.48. The molecule has 1 aromatic carbocycles. The summed E-state index contributed by atoms with van der Waals surface area (Å²) in [6, 6.07) is 6.76. The lowest BCUT2D eigenvalue weighted by Gasteiger charge is -2.05. The molecule has 0 aliphatic carbocycles. The van der Waals surface area contributed by atoms with Crippen molar-refractivity contribution < 1.29 is 4.39 Å². The van der Waals surface area contributed by atoms with E-state index in [1.54, 1.807) is 24.0 Å². The maximum atomic E-state index is 13.3. The van der Waals surface area contributed by atoms with Gasteiger partial charge in [0.15, 0.2) is 0 Å². The molecule has 0 saturated carbocycles. The molecule has 0 aliphatic heterocycles. The van der Waals surface area contributed by atoms with Crippen molar-refractivity contribution in [3.8, 4) is 0 Å². The average molecular weight is 236 g/mol. The minimum atomic E-state index is -0.205. The number of pyridine rings is 1. The first-order valence-electron chi connectivity index (χ1n) is 5.12. The van der Waals surface area contributed by atoms with Gasteiger partial charge in [0.25, 0.3) is 0 Å². The van der Waals surface area contributed by atoms with Crippen LogP contribution in [0.3, 0.4) is 0 Å². The van der Waals surface area contributed by atoms with Crippen molar-refractivity contribution >= 4 is 22.7 Å². The van der Waals surface area contributed by atoms with E-state index in [2.05, 4.69) is 4.98 Å².